The number of carbonyl (C=O) groups excluding carboxylic acids is 1. The molecule has 3 rings (SSSR count). The van der Waals surface area contributed by atoms with Crippen LogP contribution < -0.4 is 11.1 Å². The van der Waals surface area contributed by atoms with E-state index in [0.29, 0.717) is 25.5 Å². The van der Waals surface area contributed by atoms with E-state index < -0.39 is 0 Å². The third-order valence-corrected chi connectivity index (χ3v) is 4.36. The zero-order valence-corrected chi connectivity index (χ0v) is 14.5. The fourth-order valence-electron chi connectivity index (χ4n) is 3.02. The Kier molecular flexibility index (Phi) is 5.33. The first-order valence-corrected chi connectivity index (χ1v) is 8.60. The topological polar surface area (TPSA) is 70.7 Å². The van der Waals surface area contributed by atoms with Gasteiger partial charge in [-0.3, -0.25) is 4.79 Å². The summed E-state index contributed by atoms with van der Waals surface area (Å²) in [4.78, 5) is 18.2. The second-order valence-electron chi connectivity index (χ2n) is 6.38. The minimum atomic E-state index is 0.235. The molecule has 0 atom stereocenters. The van der Waals surface area contributed by atoms with Gasteiger partial charge in [-0.05, 0) is 42.2 Å². The summed E-state index contributed by atoms with van der Waals surface area (Å²) in [6, 6.07) is 16.1. The zero-order valence-electron chi connectivity index (χ0n) is 14.5. The first-order valence-electron chi connectivity index (χ1n) is 8.60. The fraction of sp³-hybridized carbons (Fsp3) is 0.300. The van der Waals surface area contributed by atoms with Gasteiger partial charge < -0.3 is 16.0 Å². The molecule has 0 unspecified atom stereocenters. The van der Waals surface area contributed by atoms with Crippen LogP contribution in [0.4, 0.5) is 5.69 Å². The van der Waals surface area contributed by atoms with E-state index in [1.54, 1.807) is 0 Å². The molecule has 1 aliphatic heterocycles. The van der Waals surface area contributed by atoms with Crippen LogP contribution in [0.25, 0.3) is 0 Å². The second-order valence-corrected chi connectivity index (χ2v) is 6.38. The number of nitrogens with one attached hydrogen (secondary N) is 1. The van der Waals surface area contributed by atoms with Gasteiger partial charge in [0.1, 0.15) is 0 Å². The lowest BCUT2D eigenvalue weighted by atomic mass is 10.1. The van der Waals surface area contributed by atoms with Gasteiger partial charge in [-0.2, -0.15) is 0 Å². The number of rotatable bonds is 5. The third-order valence-electron chi connectivity index (χ3n) is 4.36. The number of guanidine groups is 1. The highest BCUT2D eigenvalue weighted by Gasteiger charge is 2.20. The smallest absolute Gasteiger partial charge is 0.222 e. The van der Waals surface area contributed by atoms with Crippen LogP contribution in [0, 0.1) is 6.92 Å². The van der Waals surface area contributed by atoms with E-state index in [9.17, 15) is 4.79 Å². The Morgan fingerprint density at radius 2 is 2.00 bits per heavy atom. The molecule has 1 fully saturated rings. The van der Waals surface area contributed by atoms with Crippen molar-refractivity contribution in [1.82, 2.24) is 4.90 Å². The highest BCUT2D eigenvalue weighted by molar-refractivity contribution is 5.92. The second kappa shape index (κ2) is 7.83. The first kappa shape index (κ1) is 17.0. The molecular formula is C20H24N4O. The van der Waals surface area contributed by atoms with Crippen molar-refractivity contribution < 1.29 is 4.79 Å². The van der Waals surface area contributed by atoms with Gasteiger partial charge >= 0.3 is 0 Å². The Bertz CT molecular complexity index is 785. The monoisotopic (exact) mass is 336 g/mol. The first-order chi connectivity index (χ1) is 12.1. The number of aryl methyl sites for hydroxylation is 1. The van der Waals surface area contributed by atoms with Gasteiger partial charge in [-0.25, -0.2) is 4.99 Å². The van der Waals surface area contributed by atoms with Gasteiger partial charge in [0.05, 0.1) is 6.54 Å². The maximum absolute atomic E-state index is 11.9. The van der Waals surface area contributed by atoms with Crippen LogP contribution in [0.5, 0.6) is 0 Å². The number of benzene rings is 2. The molecule has 1 saturated heterocycles. The molecule has 0 spiro atoms. The number of hydrogen-bond donors (Lipinski definition) is 2. The molecular weight excluding hydrogens is 312 g/mol. The standard InChI is InChI=1S/C20H24N4O/c1-15-6-4-9-18(12-15)23-20(21)22-13-16-7-2-3-8-17(16)14-24-11-5-10-19(24)25/h2-4,6-9,12H,5,10-11,13-14H2,1H3,(H3,21,22,23). The average molecular weight is 336 g/mol. The molecule has 130 valence electrons. The lowest BCUT2D eigenvalue weighted by molar-refractivity contribution is -0.128. The number of carbonyl (C=O) groups is 1. The van der Waals surface area contributed by atoms with E-state index in [2.05, 4.69) is 16.4 Å². The van der Waals surface area contributed by atoms with Crippen LogP contribution in [0.1, 0.15) is 29.5 Å². The third kappa shape index (κ3) is 4.59. The highest BCUT2D eigenvalue weighted by atomic mass is 16.2. The molecule has 2 aromatic rings. The zero-order chi connectivity index (χ0) is 17.6. The molecule has 2 aromatic carbocycles. The minimum Gasteiger partial charge on any atom is -0.370 e. The Hall–Kier alpha value is -2.82. The van der Waals surface area contributed by atoms with E-state index in [0.717, 1.165) is 29.8 Å². The molecule has 5 nitrogen and oxygen atoms in total. The predicted octanol–water partition coefficient (Wildman–Crippen LogP) is 3.04. The Balaban J connectivity index is 1.67. The van der Waals surface area contributed by atoms with Crippen LogP contribution in [-0.4, -0.2) is 23.3 Å². The summed E-state index contributed by atoms with van der Waals surface area (Å²) in [5.74, 6) is 0.622. The maximum Gasteiger partial charge on any atom is 0.222 e. The van der Waals surface area contributed by atoms with Crippen LogP contribution >= 0.6 is 0 Å². The van der Waals surface area contributed by atoms with Crippen molar-refractivity contribution in [2.45, 2.75) is 32.9 Å². The van der Waals surface area contributed by atoms with Crippen molar-refractivity contribution in [2.24, 2.45) is 10.7 Å². The molecule has 1 amide bonds. The summed E-state index contributed by atoms with van der Waals surface area (Å²) in [5.41, 5.74) is 10.3. The number of anilines is 1. The van der Waals surface area contributed by atoms with Gasteiger partial charge in [0.25, 0.3) is 0 Å². The van der Waals surface area contributed by atoms with Crippen molar-refractivity contribution in [3.05, 3.63) is 65.2 Å². The average Bonchev–Trinajstić information content (AvgIpc) is 2.99. The number of nitrogens with two attached hydrogens (primary N) is 1. The normalized spacial score (nSPS) is 14.8. The number of amides is 1. The molecule has 0 aromatic heterocycles. The van der Waals surface area contributed by atoms with Gasteiger partial charge in [0.15, 0.2) is 5.96 Å². The summed E-state index contributed by atoms with van der Waals surface area (Å²) in [5, 5.41) is 3.12. The fourth-order valence-corrected chi connectivity index (χ4v) is 3.02. The van der Waals surface area contributed by atoms with Gasteiger partial charge in [-0.1, -0.05) is 36.4 Å². The van der Waals surface area contributed by atoms with E-state index in [1.807, 2.05) is 54.3 Å². The number of hydrogen-bond acceptors (Lipinski definition) is 2. The Labute approximate surface area is 148 Å². The minimum absolute atomic E-state index is 0.235. The van der Waals surface area contributed by atoms with Crippen LogP contribution in [-0.2, 0) is 17.9 Å². The van der Waals surface area contributed by atoms with Crippen LogP contribution in [0.3, 0.4) is 0 Å². The van der Waals surface area contributed by atoms with Gasteiger partial charge in [0, 0.05) is 25.2 Å². The summed E-state index contributed by atoms with van der Waals surface area (Å²) < 4.78 is 0. The van der Waals surface area contributed by atoms with Crippen molar-refractivity contribution in [2.75, 3.05) is 11.9 Å². The van der Waals surface area contributed by atoms with Crippen molar-refractivity contribution in [1.29, 1.82) is 0 Å². The molecule has 25 heavy (non-hydrogen) atoms. The largest absolute Gasteiger partial charge is 0.370 e. The van der Waals surface area contributed by atoms with Gasteiger partial charge in [0.2, 0.25) is 5.91 Å². The highest BCUT2D eigenvalue weighted by Crippen LogP contribution is 2.18. The predicted molar refractivity (Wildman–Crippen MR) is 101 cm³/mol. The van der Waals surface area contributed by atoms with E-state index in [-0.39, 0.29) is 5.91 Å². The molecule has 0 saturated carbocycles. The molecule has 5 heteroatoms. The molecule has 1 heterocycles. The summed E-state index contributed by atoms with van der Waals surface area (Å²) in [6.45, 7) is 4.01. The Morgan fingerprint density at radius 1 is 1.20 bits per heavy atom. The van der Waals surface area contributed by atoms with Crippen molar-refractivity contribution >= 4 is 17.6 Å². The van der Waals surface area contributed by atoms with E-state index in [1.165, 1.54) is 5.56 Å². The van der Waals surface area contributed by atoms with Crippen molar-refractivity contribution in [3.63, 3.8) is 0 Å². The molecule has 0 bridgehead atoms. The summed E-state index contributed by atoms with van der Waals surface area (Å²) in [7, 11) is 0. The number of likely N-dealkylation sites (tertiary alicyclic amines) is 1. The summed E-state index contributed by atoms with van der Waals surface area (Å²) in [6.07, 6.45) is 1.61. The van der Waals surface area contributed by atoms with E-state index >= 15 is 0 Å². The number of nitrogens with zero attached hydrogens (tertiary/aromatic N) is 2. The van der Waals surface area contributed by atoms with Crippen LogP contribution in [0.15, 0.2) is 53.5 Å². The van der Waals surface area contributed by atoms with E-state index in [4.69, 9.17) is 5.73 Å². The SMILES string of the molecule is Cc1cccc(NC(N)=NCc2ccccc2CN2CCCC2=O)c1. The Morgan fingerprint density at radius 3 is 2.72 bits per heavy atom. The van der Waals surface area contributed by atoms with Gasteiger partial charge in [-0.15, -0.1) is 0 Å². The molecule has 0 radical (unpaired) electrons. The van der Waals surface area contributed by atoms with Crippen molar-refractivity contribution in [3.8, 4) is 0 Å². The summed E-state index contributed by atoms with van der Waals surface area (Å²) >= 11 is 0. The number of aliphatic imine (C=N–C) groups is 1. The van der Waals surface area contributed by atoms with Crippen LogP contribution in [0.2, 0.25) is 0 Å². The maximum atomic E-state index is 11.9. The lowest BCUT2D eigenvalue weighted by Gasteiger charge is -2.17. The molecule has 1 aliphatic rings. The molecule has 3 N–H and O–H groups in total. The lowest BCUT2D eigenvalue weighted by Crippen LogP contribution is -2.25. The molecule has 0 aliphatic carbocycles. The quantitative estimate of drug-likeness (QED) is 0.651.